The second-order valence-corrected chi connectivity index (χ2v) is 5.03. The predicted octanol–water partition coefficient (Wildman–Crippen LogP) is 3.04. The molecule has 0 fully saturated rings. The van der Waals surface area contributed by atoms with Crippen LogP contribution in [0.1, 0.15) is 46.2 Å². The van der Waals surface area contributed by atoms with Crippen LogP contribution in [0.3, 0.4) is 0 Å². The average molecular weight is 296 g/mol. The fraction of sp³-hybridized carbons (Fsp3) is 0.625. The summed E-state index contributed by atoms with van der Waals surface area (Å²) in [5.41, 5.74) is 3.89. The molecule has 120 valence electrons. The molecule has 1 aromatic rings. The second kappa shape index (κ2) is 8.74. The highest BCUT2D eigenvalue weighted by molar-refractivity contribution is 5.54. The topological polar surface area (TPSA) is 65.7 Å². The van der Waals surface area contributed by atoms with Crippen LogP contribution in [-0.2, 0) is 0 Å². The molecule has 0 aliphatic rings. The van der Waals surface area contributed by atoms with Crippen molar-refractivity contribution in [2.24, 2.45) is 11.8 Å². The lowest BCUT2D eigenvalue weighted by Gasteiger charge is -2.23. The average Bonchev–Trinajstić information content (AvgIpc) is 2.43. The van der Waals surface area contributed by atoms with Crippen LogP contribution in [-0.4, -0.2) is 19.8 Å². The van der Waals surface area contributed by atoms with Gasteiger partial charge in [0.05, 0.1) is 19.8 Å². The van der Waals surface area contributed by atoms with E-state index in [4.69, 9.17) is 20.1 Å². The molecular formula is C16H28N2O3. The molecule has 0 heterocycles. The Morgan fingerprint density at radius 2 is 1.43 bits per heavy atom. The van der Waals surface area contributed by atoms with Crippen LogP contribution < -0.4 is 25.5 Å². The van der Waals surface area contributed by atoms with E-state index in [1.54, 1.807) is 0 Å². The van der Waals surface area contributed by atoms with Crippen LogP contribution in [0.4, 0.5) is 0 Å². The van der Waals surface area contributed by atoms with Crippen molar-refractivity contribution in [1.29, 1.82) is 0 Å². The van der Waals surface area contributed by atoms with Gasteiger partial charge in [-0.25, -0.2) is 0 Å². The van der Waals surface area contributed by atoms with Crippen molar-refractivity contribution in [2.45, 2.75) is 40.7 Å². The number of rotatable bonds is 9. The van der Waals surface area contributed by atoms with Crippen LogP contribution in [0.5, 0.6) is 17.2 Å². The monoisotopic (exact) mass is 296 g/mol. The summed E-state index contributed by atoms with van der Waals surface area (Å²) in [5.74, 6) is 8.08. The summed E-state index contributed by atoms with van der Waals surface area (Å²) < 4.78 is 17.1. The van der Waals surface area contributed by atoms with Crippen LogP contribution in [0.2, 0.25) is 0 Å². The number of nitrogens with two attached hydrogens (primary N) is 1. The fourth-order valence-electron chi connectivity index (χ4n) is 2.26. The number of hydrazine groups is 1. The molecule has 5 heteroatoms. The van der Waals surface area contributed by atoms with E-state index in [1.165, 1.54) is 0 Å². The molecule has 0 amide bonds. The highest BCUT2D eigenvalue weighted by atomic mass is 16.5. The number of hydrogen-bond donors (Lipinski definition) is 2. The minimum absolute atomic E-state index is 0.0269. The van der Waals surface area contributed by atoms with E-state index >= 15 is 0 Å². The number of benzene rings is 1. The van der Waals surface area contributed by atoms with Gasteiger partial charge in [0.1, 0.15) is 0 Å². The van der Waals surface area contributed by atoms with Gasteiger partial charge in [-0.3, -0.25) is 11.3 Å². The molecule has 5 nitrogen and oxygen atoms in total. The van der Waals surface area contributed by atoms with Gasteiger partial charge in [0.25, 0.3) is 0 Å². The summed E-state index contributed by atoms with van der Waals surface area (Å²) in [4.78, 5) is 0. The number of ether oxygens (including phenoxy) is 3. The first-order valence-corrected chi connectivity index (χ1v) is 7.61. The SMILES string of the molecule is CCOc1cc(C(NN)C(C)C)cc(OCC)c1OCC. The zero-order valence-corrected chi connectivity index (χ0v) is 13.7. The summed E-state index contributed by atoms with van der Waals surface area (Å²) in [6.07, 6.45) is 0. The summed E-state index contributed by atoms with van der Waals surface area (Å²) in [5, 5.41) is 0. The van der Waals surface area contributed by atoms with Crippen molar-refractivity contribution >= 4 is 0 Å². The molecule has 1 rings (SSSR count). The zero-order valence-electron chi connectivity index (χ0n) is 13.7. The number of hydrogen-bond acceptors (Lipinski definition) is 5. The van der Waals surface area contributed by atoms with E-state index in [0.29, 0.717) is 43.0 Å². The lowest BCUT2D eigenvalue weighted by Crippen LogP contribution is -2.31. The molecule has 1 atom stereocenters. The van der Waals surface area contributed by atoms with Crippen molar-refractivity contribution in [3.63, 3.8) is 0 Å². The van der Waals surface area contributed by atoms with E-state index in [1.807, 2.05) is 32.9 Å². The Morgan fingerprint density at radius 3 is 1.76 bits per heavy atom. The molecule has 0 radical (unpaired) electrons. The molecule has 0 aromatic heterocycles. The summed E-state index contributed by atoms with van der Waals surface area (Å²) in [6.45, 7) is 11.8. The normalized spacial score (nSPS) is 12.3. The molecule has 1 aromatic carbocycles. The van der Waals surface area contributed by atoms with Crippen LogP contribution in [0.15, 0.2) is 12.1 Å². The Kier molecular flexibility index (Phi) is 7.32. The maximum atomic E-state index is 5.72. The first-order valence-electron chi connectivity index (χ1n) is 7.61. The molecule has 0 spiro atoms. The minimum atomic E-state index is 0.0269. The third kappa shape index (κ3) is 4.51. The molecule has 0 saturated heterocycles. The third-order valence-corrected chi connectivity index (χ3v) is 3.14. The molecular weight excluding hydrogens is 268 g/mol. The standard InChI is InChI=1S/C16H28N2O3/c1-6-19-13-9-12(15(18-17)11(4)5)10-14(20-7-2)16(13)21-8-3/h9-11,15,18H,6-8,17H2,1-5H3. The van der Waals surface area contributed by atoms with Gasteiger partial charge in [0.2, 0.25) is 5.75 Å². The van der Waals surface area contributed by atoms with Gasteiger partial charge < -0.3 is 14.2 Å². The van der Waals surface area contributed by atoms with Crippen molar-refractivity contribution in [3.05, 3.63) is 17.7 Å². The van der Waals surface area contributed by atoms with Gasteiger partial charge in [-0.15, -0.1) is 0 Å². The van der Waals surface area contributed by atoms with E-state index < -0.39 is 0 Å². The number of nitrogens with one attached hydrogen (secondary N) is 1. The van der Waals surface area contributed by atoms with Gasteiger partial charge in [-0.1, -0.05) is 13.8 Å². The van der Waals surface area contributed by atoms with Gasteiger partial charge in [0, 0.05) is 6.04 Å². The van der Waals surface area contributed by atoms with E-state index in [-0.39, 0.29) is 6.04 Å². The first kappa shape index (κ1) is 17.6. The van der Waals surface area contributed by atoms with E-state index in [9.17, 15) is 0 Å². The maximum Gasteiger partial charge on any atom is 0.203 e. The van der Waals surface area contributed by atoms with Crippen molar-refractivity contribution in [3.8, 4) is 17.2 Å². The van der Waals surface area contributed by atoms with Gasteiger partial charge in [-0.2, -0.15) is 0 Å². The Bertz CT molecular complexity index is 409. The maximum absolute atomic E-state index is 5.72. The largest absolute Gasteiger partial charge is 0.490 e. The van der Waals surface area contributed by atoms with Gasteiger partial charge in [0.15, 0.2) is 11.5 Å². The van der Waals surface area contributed by atoms with E-state index in [2.05, 4.69) is 19.3 Å². The lowest BCUT2D eigenvalue weighted by molar-refractivity contribution is 0.259. The zero-order chi connectivity index (χ0) is 15.8. The van der Waals surface area contributed by atoms with Crippen LogP contribution in [0, 0.1) is 5.92 Å². The second-order valence-electron chi connectivity index (χ2n) is 5.03. The van der Waals surface area contributed by atoms with E-state index in [0.717, 1.165) is 5.56 Å². The molecule has 1 unspecified atom stereocenters. The van der Waals surface area contributed by atoms with Gasteiger partial charge in [-0.05, 0) is 44.4 Å². The molecule has 0 bridgehead atoms. The quantitative estimate of drug-likeness (QED) is 0.541. The molecule has 0 saturated carbocycles. The Morgan fingerprint density at radius 1 is 0.952 bits per heavy atom. The smallest absolute Gasteiger partial charge is 0.203 e. The van der Waals surface area contributed by atoms with Crippen LogP contribution in [0.25, 0.3) is 0 Å². The van der Waals surface area contributed by atoms with Crippen molar-refractivity contribution in [1.82, 2.24) is 5.43 Å². The highest BCUT2D eigenvalue weighted by Gasteiger charge is 2.21. The lowest BCUT2D eigenvalue weighted by atomic mass is 9.96. The molecule has 0 aliphatic heterocycles. The summed E-state index contributed by atoms with van der Waals surface area (Å²) in [7, 11) is 0. The Balaban J connectivity index is 3.33. The van der Waals surface area contributed by atoms with Crippen LogP contribution >= 0.6 is 0 Å². The predicted molar refractivity (Wildman–Crippen MR) is 84.9 cm³/mol. The third-order valence-electron chi connectivity index (χ3n) is 3.14. The van der Waals surface area contributed by atoms with Crippen molar-refractivity contribution < 1.29 is 14.2 Å². The molecule has 3 N–H and O–H groups in total. The summed E-state index contributed by atoms with van der Waals surface area (Å²) >= 11 is 0. The van der Waals surface area contributed by atoms with Crippen molar-refractivity contribution in [2.75, 3.05) is 19.8 Å². The molecule has 0 aliphatic carbocycles. The Hall–Kier alpha value is -1.46. The van der Waals surface area contributed by atoms with Gasteiger partial charge >= 0.3 is 0 Å². The minimum Gasteiger partial charge on any atom is -0.490 e. The highest BCUT2D eigenvalue weighted by Crippen LogP contribution is 2.41. The summed E-state index contributed by atoms with van der Waals surface area (Å²) in [6, 6.07) is 3.97. The molecule has 21 heavy (non-hydrogen) atoms. The Labute approximate surface area is 127 Å². The first-order chi connectivity index (χ1) is 10.1. The fourth-order valence-corrected chi connectivity index (χ4v) is 2.26.